The van der Waals surface area contributed by atoms with Crippen molar-refractivity contribution >= 4 is 0 Å². The highest BCUT2D eigenvalue weighted by atomic mass is 16.5. The van der Waals surface area contributed by atoms with Crippen molar-refractivity contribution in [1.29, 1.82) is 0 Å². The molecule has 5 heteroatoms. The van der Waals surface area contributed by atoms with E-state index in [9.17, 15) is 9.90 Å². The molecular formula is C16H18N2O3. The number of nitrogens with zero attached hydrogens (tertiary/aromatic N) is 2. The van der Waals surface area contributed by atoms with Gasteiger partial charge in [-0.15, -0.1) is 0 Å². The third-order valence-electron chi connectivity index (χ3n) is 3.83. The summed E-state index contributed by atoms with van der Waals surface area (Å²) in [6.07, 6.45) is 1.53. The van der Waals surface area contributed by atoms with E-state index in [-0.39, 0.29) is 11.2 Å². The van der Waals surface area contributed by atoms with Gasteiger partial charge in [0.25, 0.3) is 0 Å². The Labute approximate surface area is 123 Å². The van der Waals surface area contributed by atoms with E-state index in [4.69, 9.17) is 4.74 Å². The SMILES string of the molecule is COc1ccccc1CN1CCn2cc(O)c(=O)cc2C1. The molecule has 110 valence electrons. The number of benzene rings is 1. The summed E-state index contributed by atoms with van der Waals surface area (Å²) in [5, 5.41) is 9.48. The van der Waals surface area contributed by atoms with Crippen molar-refractivity contribution in [1.82, 2.24) is 9.47 Å². The lowest BCUT2D eigenvalue weighted by molar-refractivity contribution is 0.207. The zero-order valence-electron chi connectivity index (χ0n) is 12.0. The van der Waals surface area contributed by atoms with Gasteiger partial charge in [-0.25, -0.2) is 0 Å². The van der Waals surface area contributed by atoms with Crippen LogP contribution in [0.15, 0.2) is 41.3 Å². The van der Waals surface area contributed by atoms with E-state index in [1.54, 1.807) is 7.11 Å². The minimum absolute atomic E-state index is 0.183. The van der Waals surface area contributed by atoms with Crippen LogP contribution in [-0.2, 0) is 19.6 Å². The summed E-state index contributed by atoms with van der Waals surface area (Å²) in [5.41, 5.74) is 1.74. The zero-order valence-corrected chi connectivity index (χ0v) is 12.0. The van der Waals surface area contributed by atoms with Crippen molar-refractivity contribution in [2.24, 2.45) is 0 Å². The third-order valence-corrected chi connectivity index (χ3v) is 3.83. The Morgan fingerprint density at radius 1 is 1.29 bits per heavy atom. The Balaban J connectivity index is 1.80. The maximum absolute atomic E-state index is 11.6. The van der Waals surface area contributed by atoms with Crippen LogP contribution in [0, 0.1) is 0 Å². The highest BCUT2D eigenvalue weighted by molar-refractivity contribution is 5.33. The van der Waals surface area contributed by atoms with E-state index in [0.717, 1.165) is 36.6 Å². The fourth-order valence-electron chi connectivity index (χ4n) is 2.71. The normalized spacial score (nSPS) is 14.7. The third kappa shape index (κ3) is 2.78. The van der Waals surface area contributed by atoms with E-state index in [1.807, 2.05) is 22.8 Å². The second kappa shape index (κ2) is 5.61. The highest BCUT2D eigenvalue weighted by Gasteiger charge is 2.18. The van der Waals surface area contributed by atoms with Gasteiger partial charge in [-0.1, -0.05) is 18.2 Å². The first kappa shape index (κ1) is 13.7. The standard InChI is InChI=1S/C16H18N2O3/c1-21-16-5-3-2-4-12(16)9-17-6-7-18-11-15(20)14(19)8-13(18)10-17/h2-5,8,11,20H,6-7,9-10H2,1H3. The summed E-state index contributed by atoms with van der Waals surface area (Å²) in [6.45, 7) is 3.10. The van der Waals surface area contributed by atoms with Crippen LogP contribution in [0.3, 0.4) is 0 Å². The average Bonchev–Trinajstić information content (AvgIpc) is 2.49. The molecule has 2 heterocycles. The van der Waals surface area contributed by atoms with Crippen LogP contribution >= 0.6 is 0 Å². The summed E-state index contributed by atoms with van der Waals surface area (Å²) in [4.78, 5) is 13.8. The fraction of sp³-hybridized carbons (Fsp3) is 0.312. The number of aromatic hydroxyl groups is 1. The number of para-hydroxylation sites is 1. The minimum Gasteiger partial charge on any atom is -0.503 e. The molecule has 0 aliphatic carbocycles. The largest absolute Gasteiger partial charge is 0.503 e. The molecule has 2 aromatic rings. The van der Waals surface area contributed by atoms with Gasteiger partial charge in [0, 0.05) is 43.5 Å². The first-order valence-corrected chi connectivity index (χ1v) is 6.94. The van der Waals surface area contributed by atoms with Crippen molar-refractivity contribution in [2.75, 3.05) is 13.7 Å². The monoisotopic (exact) mass is 286 g/mol. The number of pyridine rings is 1. The molecule has 1 aromatic heterocycles. The number of rotatable bonds is 3. The Bertz CT molecular complexity index is 709. The van der Waals surface area contributed by atoms with Gasteiger partial charge in [0.2, 0.25) is 5.43 Å². The van der Waals surface area contributed by atoms with Gasteiger partial charge in [0.1, 0.15) is 5.75 Å². The fourth-order valence-corrected chi connectivity index (χ4v) is 2.71. The van der Waals surface area contributed by atoms with Crippen LogP contribution in [0.5, 0.6) is 11.5 Å². The molecule has 3 rings (SSSR count). The molecule has 0 fully saturated rings. The Morgan fingerprint density at radius 2 is 2.10 bits per heavy atom. The number of hydrogen-bond donors (Lipinski definition) is 1. The van der Waals surface area contributed by atoms with Gasteiger partial charge in [0.15, 0.2) is 5.75 Å². The van der Waals surface area contributed by atoms with E-state index in [0.29, 0.717) is 6.54 Å². The number of fused-ring (bicyclic) bond motifs is 1. The molecule has 21 heavy (non-hydrogen) atoms. The van der Waals surface area contributed by atoms with Crippen LogP contribution in [0.4, 0.5) is 0 Å². The predicted molar refractivity (Wildman–Crippen MR) is 79.5 cm³/mol. The van der Waals surface area contributed by atoms with Gasteiger partial charge in [0.05, 0.1) is 13.3 Å². The van der Waals surface area contributed by atoms with Crippen LogP contribution in [-0.4, -0.2) is 28.2 Å². The number of aromatic nitrogens is 1. The summed E-state index contributed by atoms with van der Waals surface area (Å²) < 4.78 is 7.32. The number of methoxy groups -OCH3 is 1. The maximum Gasteiger partial charge on any atom is 0.223 e. The van der Waals surface area contributed by atoms with Crippen LogP contribution in [0.25, 0.3) is 0 Å². The highest BCUT2D eigenvalue weighted by Crippen LogP contribution is 2.22. The quantitative estimate of drug-likeness (QED) is 0.930. The van der Waals surface area contributed by atoms with Gasteiger partial charge in [-0.05, 0) is 6.07 Å². The number of ether oxygens (including phenoxy) is 1. The smallest absolute Gasteiger partial charge is 0.223 e. The first-order chi connectivity index (χ1) is 10.2. The van der Waals surface area contributed by atoms with Crippen molar-refractivity contribution < 1.29 is 9.84 Å². The van der Waals surface area contributed by atoms with E-state index in [2.05, 4.69) is 11.0 Å². The van der Waals surface area contributed by atoms with Crippen molar-refractivity contribution in [2.45, 2.75) is 19.6 Å². The lowest BCUT2D eigenvalue weighted by atomic mass is 10.1. The Kier molecular flexibility index (Phi) is 3.66. The lowest BCUT2D eigenvalue weighted by Gasteiger charge is -2.30. The molecule has 0 spiro atoms. The minimum atomic E-state index is -0.319. The van der Waals surface area contributed by atoms with E-state index >= 15 is 0 Å². The van der Waals surface area contributed by atoms with Crippen molar-refractivity contribution in [3.63, 3.8) is 0 Å². The molecular weight excluding hydrogens is 268 g/mol. The average molecular weight is 286 g/mol. The first-order valence-electron chi connectivity index (χ1n) is 6.94. The summed E-state index contributed by atoms with van der Waals surface area (Å²) in [6, 6.07) is 9.48. The molecule has 0 amide bonds. The zero-order chi connectivity index (χ0) is 14.8. The topological polar surface area (TPSA) is 54.7 Å². The Morgan fingerprint density at radius 3 is 2.90 bits per heavy atom. The summed E-state index contributed by atoms with van der Waals surface area (Å²) in [5.74, 6) is 0.697. The molecule has 0 unspecified atom stereocenters. The van der Waals surface area contributed by atoms with Gasteiger partial charge >= 0.3 is 0 Å². The van der Waals surface area contributed by atoms with Gasteiger partial charge < -0.3 is 14.4 Å². The summed E-state index contributed by atoms with van der Waals surface area (Å²) in [7, 11) is 1.67. The van der Waals surface area contributed by atoms with E-state index in [1.165, 1.54) is 12.3 Å². The summed E-state index contributed by atoms with van der Waals surface area (Å²) >= 11 is 0. The lowest BCUT2D eigenvalue weighted by Crippen LogP contribution is -2.34. The molecule has 0 saturated carbocycles. The molecule has 0 radical (unpaired) electrons. The molecule has 1 aliphatic heterocycles. The molecule has 1 N–H and O–H groups in total. The molecule has 0 bridgehead atoms. The van der Waals surface area contributed by atoms with Crippen molar-refractivity contribution in [3.8, 4) is 11.5 Å². The molecule has 1 aliphatic rings. The van der Waals surface area contributed by atoms with Crippen LogP contribution < -0.4 is 10.2 Å². The number of hydrogen-bond acceptors (Lipinski definition) is 4. The molecule has 0 atom stereocenters. The molecule has 0 saturated heterocycles. The van der Waals surface area contributed by atoms with Gasteiger partial charge in [-0.3, -0.25) is 9.69 Å². The predicted octanol–water partition coefficient (Wildman–Crippen LogP) is 1.58. The van der Waals surface area contributed by atoms with E-state index < -0.39 is 0 Å². The van der Waals surface area contributed by atoms with Crippen LogP contribution in [0.1, 0.15) is 11.3 Å². The van der Waals surface area contributed by atoms with Crippen LogP contribution in [0.2, 0.25) is 0 Å². The maximum atomic E-state index is 11.6. The second-order valence-corrected chi connectivity index (χ2v) is 5.23. The van der Waals surface area contributed by atoms with Gasteiger partial charge in [-0.2, -0.15) is 0 Å². The second-order valence-electron chi connectivity index (χ2n) is 5.23. The molecule has 1 aromatic carbocycles. The molecule has 5 nitrogen and oxygen atoms in total. The van der Waals surface area contributed by atoms with Crippen molar-refractivity contribution in [3.05, 3.63) is 58.0 Å². The Hall–Kier alpha value is -2.27.